The average Bonchev–Trinajstić information content (AvgIpc) is 2.77. The van der Waals surface area contributed by atoms with Crippen molar-refractivity contribution in [1.29, 1.82) is 0 Å². The van der Waals surface area contributed by atoms with Crippen LogP contribution >= 0.6 is 0 Å². The summed E-state index contributed by atoms with van der Waals surface area (Å²) >= 11 is 0. The molecule has 7 nitrogen and oxygen atoms in total. The SMILES string of the molecule is COC(=O)COc1ccc(NC(=O)c2ccc3ncccc3c2)c2cccnc12. The highest BCUT2D eigenvalue weighted by atomic mass is 16.6. The number of amides is 1. The van der Waals surface area contributed by atoms with E-state index in [1.807, 2.05) is 24.3 Å². The van der Waals surface area contributed by atoms with E-state index in [2.05, 4.69) is 20.0 Å². The fraction of sp³-hybridized carbons (Fsp3) is 0.0909. The number of anilines is 1. The molecule has 0 saturated heterocycles. The molecule has 4 aromatic rings. The summed E-state index contributed by atoms with van der Waals surface area (Å²) in [7, 11) is 1.30. The molecule has 7 heteroatoms. The quantitative estimate of drug-likeness (QED) is 0.527. The van der Waals surface area contributed by atoms with Gasteiger partial charge in [0, 0.05) is 28.7 Å². The number of rotatable bonds is 5. The number of ether oxygens (including phenoxy) is 2. The summed E-state index contributed by atoms with van der Waals surface area (Å²) in [5.74, 6) is -0.304. The zero-order valence-electron chi connectivity index (χ0n) is 15.6. The molecule has 1 amide bonds. The Morgan fingerprint density at radius 3 is 2.69 bits per heavy atom. The van der Waals surface area contributed by atoms with Gasteiger partial charge in [-0.3, -0.25) is 14.8 Å². The second-order valence-corrected chi connectivity index (χ2v) is 6.24. The second-order valence-electron chi connectivity index (χ2n) is 6.24. The van der Waals surface area contributed by atoms with Crippen LogP contribution in [0.3, 0.4) is 0 Å². The minimum atomic E-state index is -0.489. The maximum atomic E-state index is 12.8. The number of carbonyl (C=O) groups excluding carboxylic acids is 2. The van der Waals surface area contributed by atoms with Crippen molar-refractivity contribution in [3.05, 3.63) is 72.6 Å². The Labute approximate surface area is 166 Å². The van der Waals surface area contributed by atoms with Crippen molar-refractivity contribution in [2.45, 2.75) is 0 Å². The van der Waals surface area contributed by atoms with Gasteiger partial charge in [0.05, 0.1) is 18.3 Å². The zero-order valence-corrected chi connectivity index (χ0v) is 15.6. The van der Waals surface area contributed by atoms with Gasteiger partial charge in [-0.05, 0) is 48.5 Å². The van der Waals surface area contributed by atoms with E-state index < -0.39 is 5.97 Å². The summed E-state index contributed by atoms with van der Waals surface area (Å²) in [6, 6.07) is 16.1. The molecule has 0 aliphatic rings. The van der Waals surface area contributed by atoms with Crippen LogP contribution in [-0.2, 0) is 9.53 Å². The van der Waals surface area contributed by atoms with E-state index in [1.54, 1.807) is 42.7 Å². The zero-order chi connectivity index (χ0) is 20.2. The standard InChI is InChI=1S/C22H17N3O4/c1-28-20(26)13-29-19-9-8-18(16-5-3-11-24-21(16)19)25-22(27)15-6-7-17-14(12-15)4-2-10-23-17/h2-12H,13H2,1H3,(H,25,27). The number of esters is 1. The number of methoxy groups -OCH3 is 1. The molecular weight excluding hydrogens is 370 g/mol. The Morgan fingerprint density at radius 1 is 1.00 bits per heavy atom. The third kappa shape index (κ3) is 3.84. The molecule has 0 saturated carbocycles. The fourth-order valence-corrected chi connectivity index (χ4v) is 2.98. The second kappa shape index (κ2) is 7.93. The molecule has 0 aliphatic carbocycles. The van der Waals surface area contributed by atoms with Crippen molar-refractivity contribution in [3.63, 3.8) is 0 Å². The Morgan fingerprint density at radius 2 is 1.83 bits per heavy atom. The largest absolute Gasteiger partial charge is 0.480 e. The normalized spacial score (nSPS) is 10.7. The number of fused-ring (bicyclic) bond motifs is 2. The lowest BCUT2D eigenvalue weighted by Gasteiger charge is -2.12. The monoisotopic (exact) mass is 387 g/mol. The molecule has 2 heterocycles. The van der Waals surface area contributed by atoms with Crippen LogP contribution < -0.4 is 10.1 Å². The Balaban J connectivity index is 1.63. The van der Waals surface area contributed by atoms with E-state index in [4.69, 9.17) is 4.74 Å². The van der Waals surface area contributed by atoms with Gasteiger partial charge in [0.1, 0.15) is 11.3 Å². The molecule has 0 aliphatic heterocycles. The highest BCUT2D eigenvalue weighted by Crippen LogP contribution is 2.30. The highest BCUT2D eigenvalue weighted by molar-refractivity contribution is 6.10. The number of hydrogen-bond acceptors (Lipinski definition) is 6. The van der Waals surface area contributed by atoms with Crippen molar-refractivity contribution >= 4 is 39.4 Å². The molecule has 2 aromatic heterocycles. The highest BCUT2D eigenvalue weighted by Gasteiger charge is 2.13. The van der Waals surface area contributed by atoms with E-state index in [1.165, 1.54) is 7.11 Å². The topological polar surface area (TPSA) is 90.4 Å². The van der Waals surface area contributed by atoms with Gasteiger partial charge in [0.2, 0.25) is 0 Å². The molecule has 29 heavy (non-hydrogen) atoms. The molecule has 0 spiro atoms. The van der Waals surface area contributed by atoms with Crippen molar-refractivity contribution in [2.24, 2.45) is 0 Å². The first kappa shape index (κ1) is 18.4. The summed E-state index contributed by atoms with van der Waals surface area (Å²) < 4.78 is 10.1. The molecule has 1 N–H and O–H groups in total. The summed E-state index contributed by atoms with van der Waals surface area (Å²) in [4.78, 5) is 32.7. The van der Waals surface area contributed by atoms with Gasteiger partial charge >= 0.3 is 5.97 Å². The number of aromatic nitrogens is 2. The lowest BCUT2D eigenvalue weighted by atomic mass is 10.1. The molecule has 4 rings (SSSR count). The maximum Gasteiger partial charge on any atom is 0.343 e. The van der Waals surface area contributed by atoms with Crippen LogP contribution in [0.5, 0.6) is 5.75 Å². The number of pyridine rings is 2. The van der Waals surface area contributed by atoms with Crippen LogP contribution in [0.4, 0.5) is 5.69 Å². The Hall–Kier alpha value is -4.00. The van der Waals surface area contributed by atoms with Gasteiger partial charge in [-0.15, -0.1) is 0 Å². The summed E-state index contributed by atoms with van der Waals surface area (Å²) in [5.41, 5.74) is 2.48. The van der Waals surface area contributed by atoms with Crippen LogP contribution in [0.1, 0.15) is 10.4 Å². The Kier molecular flexibility index (Phi) is 5.03. The van der Waals surface area contributed by atoms with Crippen LogP contribution in [0, 0.1) is 0 Å². The van der Waals surface area contributed by atoms with Crippen LogP contribution in [0.2, 0.25) is 0 Å². The third-order valence-corrected chi connectivity index (χ3v) is 4.42. The van der Waals surface area contributed by atoms with Crippen molar-refractivity contribution < 1.29 is 19.1 Å². The predicted molar refractivity (Wildman–Crippen MR) is 109 cm³/mol. The van der Waals surface area contributed by atoms with E-state index in [-0.39, 0.29) is 12.5 Å². The van der Waals surface area contributed by atoms with Crippen LogP contribution in [-0.4, -0.2) is 35.6 Å². The summed E-state index contributed by atoms with van der Waals surface area (Å²) in [6.07, 6.45) is 3.33. The van der Waals surface area contributed by atoms with Crippen molar-refractivity contribution in [3.8, 4) is 5.75 Å². The number of nitrogens with one attached hydrogen (secondary N) is 1. The lowest BCUT2D eigenvalue weighted by Crippen LogP contribution is -2.14. The van der Waals surface area contributed by atoms with Gasteiger partial charge < -0.3 is 14.8 Å². The molecule has 2 aromatic carbocycles. The maximum absolute atomic E-state index is 12.8. The third-order valence-electron chi connectivity index (χ3n) is 4.42. The van der Waals surface area contributed by atoms with Crippen LogP contribution in [0.15, 0.2) is 67.0 Å². The Bertz CT molecular complexity index is 1220. The van der Waals surface area contributed by atoms with E-state index in [0.29, 0.717) is 27.9 Å². The lowest BCUT2D eigenvalue weighted by molar-refractivity contribution is -0.142. The van der Waals surface area contributed by atoms with E-state index in [0.717, 1.165) is 10.9 Å². The molecular formula is C22H17N3O4. The smallest absolute Gasteiger partial charge is 0.343 e. The number of hydrogen-bond donors (Lipinski definition) is 1. The molecule has 0 bridgehead atoms. The molecule has 0 fully saturated rings. The first-order valence-electron chi connectivity index (χ1n) is 8.89. The minimum Gasteiger partial charge on any atom is -0.480 e. The summed E-state index contributed by atoms with van der Waals surface area (Å²) in [5, 5.41) is 4.51. The first-order chi connectivity index (χ1) is 14.2. The number of carbonyl (C=O) groups is 2. The molecule has 0 radical (unpaired) electrons. The number of nitrogens with zero attached hydrogens (tertiary/aromatic N) is 2. The van der Waals surface area contributed by atoms with Crippen molar-refractivity contribution in [1.82, 2.24) is 9.97 Å². The van der Waals surface area contributed by atoms with Gasteiger partial charge in [-0.2, -0.15) is 0 Å². The van der Waals surface area contributed by atoms with Gasteiger partial charge in [0.15, 0.2) is 6.61 Å². The van der Waals surface area contributed by atoms with Gasteiger partial charge in [0.25, 0.3) is 5.91 Å². The average molecular weight is 387 g/mol. The fourth-order valence-electron chi connectivity index (χ4n) is 2.98. The predicted octanol–water partition coefficient (Wildman–Crippen LogP) is 3.59. The number of benzene rings is 2. The van der Waals surface area contributed by atoms with Gasteiger partial charge in [-0.25, -0.2) is 4.79 Å². The van der Waals surface area contributed by atoms with E-state index in [9.17, 15) is 9.59 Å². The summed E-state index contributed by atoms with van der Waals surface area (Å²) in [6.45, 7) is -0.223. The van der Waals surface area contributed by atoms with Crippen molar-refractivity contribution in [2.75, 3.05) is 19.0 Å². The van der Waals surface area contributed by atoms with Gasteiger partial charge in [-0.1, -0.05) is 6.07 Å². The minimum absolute atomic E-state index is 0.223. The van der Waals surface area contributed by atoms with E-state index >= 15 is 0 Å². The first-order valence-corrected chi connectivity index (χ1v) is 8.89. The van der Waals surface area contributed by atoms with Crippen LogP contribution in [0.25, 0.3) is 21.8 Å². The molecule has 0 unspecified atom stereocenters. The molecule has 0 atom stereocenters. The molecule has 144 valence electrons.